The van der Waals surface area contributed by atoms with Crippen LogP contribution in [0, 0.1) is 0 Å². The van der Waals surface area contributed by atoms with E-state index in [4.69, 9.17) is 13.6 Å². The molecule has 0 bridgehead atoms. The van der Waals surface area contributed by atoms with Gasteiger partial charge in [-0.1, -0.05) is 6.07 Å². The predicted molar refractivity (Wildman–Crippen MR) is 80.9 cm³/mol. The second kappa shape index (κ2) is 8.93. The van der Waals surface area contributed by atoms with Crippen LogP contribution in [0.3, 0.4) is 0 Å². The van der Waals surface area contributed by atoms with Crippen molar-refractivity contribution in [2.45, 2.75) is 49.3 Å². The number of nitrogens with zero attached hydrogens (tertiary/aromatic N) is 2. The van der Waals surface area contributed by atoms with E-state index in [1.165, 1.54) is 12.4 Å². The third-order valence-electron chi connectivity index (χ3n) is 4.43. The van der Waals surface area contributed by atoms with Gasteiger partial charge in [0.2, 0.25) is 0 Å². The zero-order valence-electron chi connectivity index (χ0n) is 17.3. The molecule has 2 aliphatic rings. The van der Waals surface area contributed by atoms with E-state index < -0.39 is 61.7 Å². The minimum atomic E-state index is -2.80. The van der Waals surface area contributed by atoms with Crippen LogP contribution in [0.25, 0.3) is 0 Å². The molecule has 142 valence electrons. The van der Waals surface area contributed by atoms with Gasteiger partial charge in [-0.2, -0.15) is 0 Å². The zero-order valence-corrected chi connectivity index (χ0v) is 16.3. The first-order valence-corrected chi connectivity index (χ1v) is 7.81. The first kappa shape index (κ1) is 18.0. The molecule has 2 fully saturated rings. The number of carboxylic acid groups (broad SMARTS) is 1. The van der Waals surface area contributed by atoms with E-state index in [0.29, 0.717) is 10.5 Å². The van der Waals surface area contributed by atoms with Crippen molar-refractivity contribution in [3.63, 3.8) is 0 Å². The van der Waals surface area contributed by atoms with Gasteiger partial charge in [0.05, 0.1) is 12.0 Å². The Morgan fingerprint density at radius 3 is 2.74 bits per heavy atom. The van der Waals surface area contributed by atoms with Crippen LogP contribution in [0.1, 0.15) is 22.1 Å². The van der Waals surface area contributed by atoms with Gasteiger partial charge in [0.25, 0.3) is 5.91 Å². The van der Waals surface area contributed by atoms with Gasteiger partial charge < -0.3 is 39.6 Å². The number of carbonyl (C=O) groups is 2. The Balaban J connectivity index is 0.00000320. The molecule has 10 nitrogen and oxygen atoms in total. The van der Waals surface area contributed by atoms with E-state index in [1.807, 2.05) is 0 Å². The number of aromatic nitrogens is 1. The maximum atomic E-state index is 12.7. The van der Waals surface area contributed by atoms with Crippen molar-refractivity contribution in [3.05, 3.63) is 30.1 Å². The molecule has 0 saturated carbocycles. The Morgan fingerprint density at radius 2 is 2.15 bits per heavy atom. The minimum Gasteiger partial charge on any atom is -0.547 e. The van der Waals surface area contributed by atoms with E-state index >= 15 is 0 Å². The van der Waals surface area contributed by atoms with Gasteiger partial charge in [-0.3, -0.25) is 9.78 Å². The van der Waals surface area contributed by atoms with E-state index in [0.717, 1.165) is 0 Å². The number of ether oxygens (including phenoxy) is 2. The Bertz CT molecular complexity index is 771. The second-order valence-electron chi connectivity index (χ2n) is 6.09. The maximum Gasteiger partial charge on any atom is 1.00 e. The third kappa shape index (κ3) is 4.33. The number of hydrogen-bond acceptors (Lipinski definition) is 9. The molecule has 2 aliphatic heterocycles. The summed E-state index contributed by atoms with van der Waals surface area (Å²) in [6.45, 7) is -2.80. The number of carbonyl (C=O) groups excluding carboxylic acids is 2. The number of rotatable bonds is 4. The molecule has 1 amide bonds. The Labute approximate surface area is 181 Å². The first-order valence-electron chi connectivity index (χ1n) is 9.31. The van der Waals surface area contributed by atoms with Crippen molar-refractivity contribution >= 4 is 11.9 Å². The number of likely N-dealkylation sites (tertiary alicyclic amines) is 1. The van der Waals surface area contributed by atoms with E-state index in [-0.39, 0.29) is 36.0 Å². The molecule has 3 rings (SSSR count). The van der Waals surface area contributed by atoms with Crippen LogP contribution >= 0.6 is 0 Å². The monoisotopic (exact) mass is 393 g/mol. The van der Waals surface area contributed by atoms with Gasteiger partial charge in [-0.05, 0) is 11.6 Å². The van der Waals surface area contributed by atoms with Gasteiger partial charge >= 0.3 is 29.6 Å². The molecule has 7 atom stereocenters. The molecule has 2 saturated heterocycles. The van der Waals surface area contributed by atoms with Crippen LogP contribution in [-0.2, 0) is 19.1 Å². The normalized spacial score (nSPS) is 38.5. The molecular weight excluding hydrogens is 371 g/mol. The Kier molecular flexibility index (Phi) is 5.94. The molecule has 0 unspecified atom stereocenters. The summed E-state index contributed by atoms with van der Waals surface area (Å²) >= 11 is 0. The molecule has 0 aliphatic carbocycles. The van der Waals surface area contributed by atoms with Crippen LogP contribution in [-0.4, -0.2) is 80.9 Å². The van der Waals surface area contributed by atoms with Crippen LogP contribution in [0.15, 0.2) is 24.5 Å². The molecule has 27 heavy (non-hydrogen) atoms. The molecule has 1 aromatic rings. The van der Waals surface area contributed by atoms with Crippen molar-refractivity contribution in [3.8, 4) is 0 Å². The standard InChI is InChI=1S/C16H20N2O8.Na/c1-18-8(7-3-2-4-17-6-7)5-9(14(18)22)25-16-12(21)10(19)11(20)13(26-16)15(23)24;/h2-4,6,8-13,16,19-21H,5H2,1H3,(H,23,24);/q;+1/p-1/t8-,9+,10-,11-,12+,13-,16+;/m0./s1/i1D3;. The average molecular weight is 393 g/mol. The van der Waals surface area contributed by atoms with Crippen molar-refractivity contribution in [2.24, 2.45) is 0 Å². The molecule has 3 heterocycles. The van der Waals surface area contributed by atoms with E-state index in [9.17, 15) is 30.0 Å². The predicted octanol–water partition coefficient (Wildman–Crippen LogP) is -6.07. The van der Waals surface area contributed by atoms with Crippen LogP contribution in [0.5, 0.6) is 0 Å². The SMILES string of the molecule is [2H]C([2H])([2H])N1C(=O)[C@H](O[C@@H]2O[C@H](C(=O)[O-])[C@@H](O)[C@H](O)[C@H]2O)C[C@H]1c1cccnc1.[Na+]. The quantitative estimate of drug-likeness (QED) is 0.424. The summed E-state index contributed by atoms with van der Waals surface area (Å²) < 4.78 is 33.3. The van der Waals surface area contributed by atoms with Crippen molar-refractivity contribution in [2.75, 3.05) is 6.98 Å². The first-order chi connectivity index (χ1) is 13.5. The third-order valence-corrected chi connectivity index (χ3v) is 4.43. The summed E-state index contributed by atoms with van der Waals surface area (Å²) in [6.07, 6.45) is -8.30. The fraction of sp³-hybridized carbons (Fsp3) is 0.562. The van der Waals surface area contributed by atoms with Gasteiger partial charge in [-0.15, -0.1) is 0 Å². The molecule has 0 radical (unpaired) electrons. The van der Waals surface area contributed by atoms with Crippen molar-refractivity contribution < 1.29 is 73.2 Å². The minimum absolute atomic E-state index is 0. The summed E-state index contributed by atoms with van der Waals surface area (Å²) in [4.78, 5) is 28.4. The largest absolute Gasteiger partial charge is 1.00 e. The van der Waals surface area contributed by atoms with Gasteiger partial charge in [0.15, 0.2) is 6.29 Å². The number of aliphatic hydroxyl groups is 3. The number of amides is 1. The van der Waals surface area contributed by atoms with Crippen LogP contribution < -0.4 is 34.7 Å². The van der Waals surface area contributed by atoms with Gasteiger partial charge in [0, 0.05) is 29.9 Å². The molecule has 1 aromatic heterocycles. The van der Waals surface area contributed by atoms with E-state index in [2.05, 4.69) is 4.98 Å². The van der Waals surface area contributed by atoms with E-state index in [1.54, 1.807) is 12.1 Å². The summed E-state index contributed by atoms with van der Waals surface area (Å²) in [7, 11) is 0. The number of pyridine rings is 1. The summed E-state index contributed by atoms with van der Waals surface area (Å²) in [5.41, 5.74) is 0.441. The molecule has 0 spiro atoms. The number of aliphatic hydroxyl groups excluding tert-OH is 3. The number of carboxylic acids is 1. The fourth-order valence-corrected chi connectivity index (χ4v) is 3.01. The van der Waals surface area contributed by atoms with Gasteiger partial charge in [0.1, 0.15) is 30.5 Å². The summed E-state index contributed by atoms with van der Waals surface area (Å²) in [6, 6.07) is 2.24. The molecule has 3 N–H and O–H groups in total. The maximum absolute atomic E-state index is 12.7. The Hall–Kier alpha value is -1.11. The Morgan fingerprint density at radius 1 is 1.41 bits per heavy atom. The number of aliphatic carboxylic acids is 1. The fourth-order valence-electron chi connectivity index (χ4n) is 3.01. The van der Waals surface area contributed by atoms with Gasteiger partial charge in [-0.25, -0.2) is 0 Å². The van der Waals surface area contributed by atoms with Crippen molar-refractivity contribution in [1.29, 1.82) is 0 Å². The molecular formula is C16H19N2NaO8. The average Bonchev–Trinajstić information content (AvgIpc) is 2.99. The number of hydrogen-bond donors (Lipinski definition) is 3. The topological polar surface area (TPSA) is 152 Å². The van der Waals surface area contributed by atoms with Crippen molar-refractivity contribution in [1.82, 2.24) is 9.88 Å². The summed E-state index contributed by atoms with van der Waals surface area (Å²) in [5, 5.41) is 40.6. The second-order valence-corrected chi connectivity index (χ2v) is 6.09. The smallest absolute Gasteiger partial charge is 0.547 e. The van der Waals surface area contributed by atoms with Crippen LogP contribution in [0.4, 0.5) is 0 Å². The number of likely N-dealkylation sites (N-methyl/N-ethyl adjacent to an activating group) is 1. The summed E-state index contributed by atoms with van der Waals surface area (Å²) in [5.74, 6) is -2.78. The molecule has 11 heteroatoms. The van der Waals surface area contributed by atoms with Crippen LogP contribution in [0.2, 0.25) is 0 Å². The molecule has 0 aromatic carbocycles. The zero-order chi connectivity index (χ0) is 21.5.